The van der Waals surface area contributed by atoms with Crippen LogP contribution >= 0.6 is 0 Å². The Kier molecular flexibility index (Phi) is 8.13. The number of ether oxygens (including phenoxy) is 2. The molecule has 1 aromatic carbocycles. The van der Waals surface area contributed by atoms with Gasteiger partial charge in [0.1, 0.15) is 6.73 Å². The Morgan fingerprint density at radius 3 is 2.59 bits per heavy atom. The summed E-state index contributed by atoms with van der Waals surface area (Å²) in [6.45, 7) is 2.96. The number of carbonyl (C=O) groups is 2. The molecule has 1 rings (SSSR count). The Hall–Kier alpha value is -1.96. The van der Waals surface area contributed by atoms with Crippen molar-refractivity contribution < 1.29 is 24.2 Å². The molecule has 0 aliphatic carbocycles. The zero-order valence-corrected chi connectivity index (χ0v) is 12.8. The summed E-state index contributed by atoms with van der Waals surface area (Å²) in [6.07, 6.45) is -0.816. The van der Waals surface area contributed by atoms with Crippen LogP contribution in [0.2, 0.25) is 0 Å². The van der Waals surface area contributed by atoms with Gasteiger partial charge in [0, 0.05) is 26.6 Å². The highest BCUT2D eigenvalue weighted by Crippen LogP contribution is 2.18. The lowest BCUT2D eigenvalue weighted by Crippen LogP contribution is -2.32. The van der Waals surface area contributed by atoms with Crippen molar-refractivity contribution in [2.75, 3.05) is 33.5 Å². The summed E-state index contributed by atoms with van der Waals surface area (Å²) in [7, 11) is 1.30. The zero-order valence-electron chi connectivity index (χ0n) is 12.8. The Labute approximate surface area is 129 Å². The van der Waals surface area contributed by atoms with Crippen LogP contribution in [0.5, 0.6) is 0 Å². The van der Waals surface area contributed by atoms with E-state index in [0.717, 1.165) is 0 Å². The van der Waals surface area contributed by atoms with Crippen LogP contribution in [0.25, 0.3) is 0 Å². The number of rotatable bonds is 9. The lowest BCUT2D eigenvalue weighted by Gasteiger charge is -2.15. The summed E-state index contributed by atoms with van der Waals surface area (Å²) >= 11 is 0. The van der Waals surface area contributed by atoms with Gasteiger partial charge in [0.05, 0.1) is 18.8 Å². The molecule has 0 bridgehead atoms. The number of hydrogen-bond donors (Lipinski definition) is 3. The predicted octanol–water partition coefficient (Wildman–Crippen LogP) is 0.206. The molecule has 3 N–H and O–H groups in total. The molecule has 0 saturated heterocycles. The molecule has 0 amide bonds. The number of esters is 2. The van der Waals surface area contributed by atoms with Crippen molar-refractivity contribution in [1.82, 2.24) is 10.6 Å². The van der Waals surface area contributed by atoms with Crippen molar-refractivity contribution in [3.05, 3.63) is 35.4 Å². The van der Waals surface area contributed by atoms with Gasteiger partial charge in [-0.2, -0.15) is 0 Å². The number of aliphatic hydroxyl groups excluding tert-OH is 1. The highest BCUT2D eigenvalue weighted by Gasteiger charge is 2.16. The fourth-order valence-electron chi connectivity index (χ4n) is 1.83. The highest BCUT2D eigenvalue weighted by atomic mass is 16.5. The molecule has 0 heterocycles. The average molecular weight is 310 g/mol. The third kappa shape index (κ3) is 6.21. The summed E-state index contributed by atoms with van der Waals surface area (Å²) in [5.74, 6) is -0.812. The topological polar surface area (TPSA) is 96.9 Å². The fraction of sp³-hybridized carbons (Fsp3) is 0.467. The predicted molar refractivity (Wildman–Crippen MR) is 80.2 cm³/mol. The highest BCUT2D eigenvalue weighted by molar-refractivity contribution is 5.91. The van der Waals surface area contributed by atoms with Crippen molar-refractivity contribution in [1.29, 1.82) is 0 Å². The standard InChI is InChI=1S/C15H22N2O5/c1-11(18)22-10-17-8-7-16-9-14(19)12-5-3-4-6-13(12)15(20)21-2/h3-6,14,16-17,19H,7-10H2,1-2H3. The number of aliphatic hydroxyl groups is 1. The minimum Gasteiger partial charge on any atom is -0.465 e. The average Bonchev–Trinajstić information content (AvgIpc) is 2.52. The quantitative estimate of drug-likeness (QED) is 0.341. The molecule has 22 heavy (non-hydrogen) atoms. The third-order valence-electron chi connectivity index (χ3n) is 2.92. The Bertz CT molecular complexity index is 493. The Balaban J connectivity index is 2.35. The Morgan fingerprint density at radius 2 is 1.91 bits per heavy atom. The van der Waals surface area contributed by atoms with E-state index < -0.39 is 12.1 Å². The van der Waals surface area contributed by atoms with Crippen LogP contribution in [0.3, 0.4) is 0 Å². The van der Waals surface area contributed by atoms with E-state index in [9.17, 15) is 14.7 Å². The first kappa shape index (κ1) is 18.1. The van der Waals surface area contributed by atoms with Gasteiger partial charge in [0.15, 0.2) is 0 Å². The molecular formula is C15H22N2O5. The van der Waals surface area contributed by atoms with Gasteiger partial charge in [0.25, 0.3) is 0 Å². The molecule has 0 aliphatic rings. The second-order valence-corrected chi connectivity index (χ2v) is 4.58. The molecule has 1 aromatic rings. The van der Waals surface area contributed by atoms with Crippen molar-refractivity contribution >= 4 is 11.9 Å². The van der Waals surface area contributed by atoms with E-state index >= 15 is 0 Å². The zero-order chi connectivity index (χ0) is 16.4. The van der Waals surface area contributed by atoms with Gasteiger partial charge in [-0.1, -0.05) is 18.2 Å². The molecule has 1 unspecified atom stereocenters. The summed E-state index contributed by atoms with van der Waals surface area (Å²) in [5.41, 5.74) is 0.877. The number of hydrogen-bond acceptors (Lipinski definition) is 7. The van der Waals surface area contributed by atoms with Crippen LogP contribution in [0.4, 0.5) is 0 Å². The van der Waals surface area contributed by atoms with Crippen LogP contribution in [0, 0.1) is 0 Å². The number of methoxy groups -OCH3 is 1. The van der Waals surface area contributed by atoms with Gasteiger partial charge in [-0.15, -0.1) is 0 Å². The first-order chi connectivity index (χ1) is 10.6. The fourth-order valence-corrected chi connectivity index (χ4v) is 1.83. The minimum absolute atomic E-state index is 0.157. The van der Waals surface area contributed by atoms with Crippen molar-refractivity contribution in [3.63, 3.8) is 0 Å². The van der Waals surface area contributed by atoms with E-state index in [-0.39, 0.29) is 12.7 Å². The number of carbonyl (C=O) groups excluding carboxylic acids is 2. The summed E-state index contributed by atoms with van der Waals surface area (Å²) < 4.78 is 9.41. The first-order valence-electron chi connectivity index (χ1n) is 6.96. The maximum absolute atomic E-state index is 11.6. The van der Waals surface area contributed by atoms with Crippen molar-refractivity contribution in [2.24, 2.45) is 0 Å². The van der Waals surface area contributed by atoms with Crippen molar-refractivity contribution in [3.8, 4) is 0 Å². The van der Waals surface area contributed by atoms with Gasteiger partial charge >= 0.3 is 11.9 Å². The van der Waals surface area contributed by atoms with Gasteiger partial charge in [-0.25, -0.2) is 4.79 Å². The molecule has 7 nitrogen and oxygen atoms in total. The largest absolute Gasteiger partial charge is 0.465 e. The third-order valence-corrected chi connectivity index (χ3v) is 2.92. The molecule has 1 atom stereocenters. The van der Waals surface area contributed by atoms with Crippen LogP contribution in [-0.4, -0.2) is 50.5 Å². The van der Waals surface area contributed by atoms with Gasteiger partial charge in [0.2, 0.25) is 0 Å². The second-order valence-electron chi connectivity index (χ2n) is 4.58. The number of nitrogens with one attached hydrogen (secondary N) is 2. The maximum Gasteiger partial charge on any atom is 0.338 e. The molecule has 0 fully saturated rings. The Morgan fingerprint density at radius 1 is 1.23 bits per heavy atom. The first-order valence-corrected chi connectivity index (χ1v) is 6.96. The molecule has 122 valence electrons. The number of benzene rings is 1. The smallest absolute Gasteiger partial charge is 0.338 e. The molecule has 0 spiro atoms. The van der Waals surface area contributed by atoms with Crippen LogP contribution < -0.4 is 10.6 Å². The van der Waals surface area contributed by atoms with E-state index in [1.807, 2.05) is 0 Å². The van der Waals surface area contributed by atoms with E-state index in [2.05, 4.69) is 10.6 Å². The van der Waals surface area contributed by atoms with E-state index in [1.54, 1.807) is 24.3 Å². The van der Waals surface area contributed by atoms with Gasteiger partial charge < -0.3 is 19.9 Å². The van der Waals surface area contributed by atoms with Crippen LogP contribution in [-0.2, 0) is 14.3 Å². The normalized spacial score (nSPS) is 11.8. The SMILES string of the molecule is COC(=O)c1ccccc1C(O)CNCCNCOC(C)=O. The lowest BCUT2D eigenvalue weighted by molar-refractivity contribution is -0.141. The summed E-state index contributed by atoms with van der Waals surface area (Å²) in [5, 5.41) is 16.1. The van der Waals surface area contributed by atoms with E-state index in [4.69, 9.17) is 9.47 Å². The minimum atomic E-state index is -0.816. The van der Waals surface area contributed by atoms with Crippen molar-refractivity contribution in [2.45, 2.75) is 13.0 Å². The van der Waals surface area contributed by atoms with E-state index in [1.165, 1.54) is 14.0 Å². The molecule has 0 aromatic heterocycles. The lowest BCUT2D eigenvalue weighted by atomic mass is 10.0. The van der Waals surface area contributed by atoms with Crippen LogP contribution in [0.15, 0.2) is 24.3 Å². The van der Waals surface area contributed by atoms with Crippen LogP contribution in [0.1, 0.15) is 28.9 Å². The summed E-state index contributed by atoms with van der Waals surface area (Å²) in [4.78, 5) is 22.2. The molecular weight excluding hydrogens is 288 g/mol. The molecule has 0 saturated carbocycles. The maximum atomic E-state index is 11.6. The van der Waals surface area contributed by atoms with E-state index in [0.29, 0.717) is 30.8 Å². The second kappa shape index (κ2) is 9.88. The molecule has 7 heteroatoms. The van der Waals surface area contributed by atoms with Gasteiger partial charge in [-0.05, 0) is 11.6 Å². The monoisotopic (exact) mass is 310 g/mol. The molecule has 0 radical (unpaired) electrons. The molecule has 0 aliphatic heterocycles. The van der Waals surface area contributed by atoms with Gasteiger partial charge in [-0.3, -0.25) is 10.1 Å². The summed E-state index contributed by atoms with van der Waals surface area (Å²) in [6, 6.07) is 6.78.